The molecule has 1 aromatic carbocycles. The molecule has 0 aliphatic carbocycles. The molecule has 0 bridgehead atoms. The van der Waals surface area contributed by atoms with E-state index in [9.17, 15) is 18.4 Å². The Morgan fingerprint density at radius 1 is 1.23 bits per heavy atom. The first kappa shape index (κ1) is 18.1. The lowest BCUT2D eigenvalue weighted by atomic mass is 10.2. The van der Waals surface area contributed by atoms with Crippen molar-refractivity contribution in [2.75, 3.05) is 19.6 Å². The molecule has 1 rings (SSSR count). The van der Waals surface area contributed by atoms with Gasteiger partial charge >= 0.3 is 0 Å². The molecule has 0 spiro atoms. The Labute approximate surface area is 129 Å². The van der Waals surface area contributed by atoms with Crippen LogP contribution < -0.4 is 5.32 Å². The lowest BCUT2D eigenvalue weighted by Gasteiger charge is -2.20. The van der Waals surface area contributed by atoms with Crippen LogP contribution >= 0.6 is 0 Å². The molecule has 0 aliphatic rings. The fraction of sp³-hybridized carbons (Fsp3) is 0.500. The minimum atomic E-state index is -0.915. The normalized spacial score (nSPS) is 10.4. The van der Waals surface area contributed by atoms with E-state index in [1.807, 2.05) is 6.92 Å². The topological polar surface area (TPSA) is 49.4 Å². The number of nitrogens with zero attached hydrogens (tertiary/aromatic N) is 1. The Kier molecular flexibility index (Phi) is 7.49. The summed E-state index contributed by atoms with van der Waals surface area (Å²) in [6.45, 7) is 5.40. The molecular weight excluding hydrogens is 290 g/mol. The van der Waals surface area contributed by atoms with Crippen molar-refractivity contribution in [1.82, 2.24) is 10.2 Å². The van der Waals surface area contributed by atoms with E-state index in [1.165, 1.54) is 0 Å². The second kappa shape index (κ2) is 9.12. The van der Waals surface area contributed by atoms with Gasteiger partial charge in [0.25, 0.3) is 5.91 Å². The minimum absolute atomic E-state index is 0.0455. The van der Waals surface area contributed by atoms with Gasteiger partial charge in [0.1, 0.15) is 11.6 Å². The van der Waals surface area contributed by atoms with E-state index in [2.05, 4.69) is 12.2 Å². The van der Waals surface area contributed by atoms with Crippen LogP contribution in [0.3, 0.4) is 0 Å². The van der Waals surface area contributed by atoms with Gasteiger partial charge in [-0.2, -0.15) is 0 Å². The van der Waals surface area contributed by atoms with Crippen molar-refractivity contribution in [3.8, 4) is 0 Å². The SMILES string of the molecule is CCCCN(CC)C(=O)CCNC(=O)c1ccc(F)cc1F. The summed E-state index contributed by atoms with van der Waals surface area (Å²) in [5.74, 6) is -2.35. The minimum Gasteiger partial charge on any atom is -0.351 e. The van der Waals surface area contributed by atoms with Crippen LogP contribution in [0.4, 0.5) is 8.78 Å². The molecular formula is C16H22F2N2O2. The van der Waals surface area contributed by atoms with Crippen LogP contribution in [-0.2, 0) is 4.79 Å². The van der Waals surface area contributed by atoms with Gasteiger partial charge in [0.2, 0.25) is 5.91 Å². The lowest BCUT2D eigenvalue weighted by Crippen LogP contribution is -2.35. The standard InChI is InChI=1S/C16H22F2N2O2/c1-3-5-10-20(4-2)15(21)8-9-19-16(22)13-7-6-12(17)11-14(13)18/h6-7,11H,3-5,8-10H2,1-2H3,(H,19,22). The molecule has 0 aliphatic heterocycles. The average Bonchev–Trinajstić information content (AvgIpc) is 2.47. The fourth-order valence-electron chi connectivity index (χ4n) is 2.02. The molecule has 1 aromatic rings. The number of hydrogen-bond donors (Lipinski definition) is 1. The first-order valence-corrected chi connectivity index (χ1v) is 7.50. The van der Waals surface area contributed by atoms with E-state index in [-0.39, 0.29) is 24.4 Å². The summed E-state index contributed by atoms with van der Waals surface area (Å²) in [6.07, 6.45) is 2.10. The third kappa shape index (κ3) is 5.42. The largest absolute Gasteiger partial charge is 0.351 e. The van der Waals surface area contributed by atoms with Crippen LogP contribution in [-0.4, -0.2) is 36.3 Å². The zero-order chi connectivity index (χ0) is 16.5. The molecule has 6 heteroatoms. The predicted molar refractivity (Wildman–Crippen MR) is 80.5 cm³/mol. The Balaban J connectivity index is 2.45. The van der Waals surface area contributed by atoms with Crippen LogP contribution in [0.15, 0.2) is 18.2 Å². The quantitative estimate of drug-likeness (QED) is 0.802. The summed E-state index contributed by atoms with van der Waals surface area (Å²) < 4.78 is 26.2. The van der Waals surface area contributed by atoms with Crippen molar-refractivity contribution in [3.05, 3.63) is 35.4 Å². The fourth-order valence-corrected chi connectivity index (χ4v) is 2.02. The number of nitrogens with one attached hydrogen (secondary N) is 1. The zero-order valence-corrected chi connectivity index (χ0v) is 13.0. The van der Waals surface area contributed by atoms with Crippen molar-refractivity contribution >= 4 is 11.8 Å². The Morgan fingerprint density at radius 2 is 1.95 bits per heavy atom. The first-order chi connectivity index (χ1) is 10.5. The van der Waals surface area contributed by atoms with E-state index in [1.54, 1.807) is 4.90 Å². The summed E-state index contributed by atoms with van der Waals surface area (Å²) in [5, 5.41) is 2.48. The van der Waals surface area contributed by atoms with E-state index < -0.39 is 17.5 Å². The molecule has 0 heterocycles. The van der Waals surface area contributed by atoms with Crippen LogP contribution in [0, 0.1) is 11.6 Å². The van der Waals surface area contributed by atoms with Gasteiger partial charge in [-0.05, 0) is 25.5 Å². The summed E-state index contributed by atoms with van der Waals surface area (Å²) in [4.78, 5) is 25.5. The van der Waals surface area contributed by atoms with Gasteiger partial charge in [0.15, 0.2) is 0 Å². The van der Waals surface area contributed by atoms with Gasteiger partial charge in [-0.25, -0.2) is 8.78 Å². The molecule has 1 N–H and O–H groups in total. The third-order valence-electron chi connectivity index (χ3n) is 3.32. The van der Waals surface area contributed by atoms with Gasteiger partial charge in [0.05, 0.1) is 5.56 Å². The highest BCUT2D eigenvalue weighted by Gasteiger charge is 2.14. The number of halogens is 2. The second-order valence-corrected chi connectivity index (χ2v) is 4.96. The van der Waals surface area contributed by atoms with E-state index in [0.29, 0.717) is 19.2 Å². The van der Waals surface area contributed by atoms with Crippen LogP contribution in [0.2, 0.25) is 0 Å². The van der Waals surface area contributed by atoms with Crippen molar-refractivity contribution < 1.29 is 18.4 Å². The van der Waals surface area contributed by atoms with Crippen molar-refractivity contribution in [3.63, 3.8) is 0 Å². The first-order valence-electron chi connectivity index (χ1n) is 7.50. The van der Waals surface area contributed by atoms with Crippen LogP contribution in [0.25, 0.3) is 0 Å². The average molecular weight is 312 g/mol. The molecule has 0 saturated carbocycles. The molecule has 122 valence electrons. The summed E-state index contributed by atoms with van der Waals surface area (Å²) in [7, 11) is 0. The molecule has 22 heavy (non-hydrogen) atoms. The van der Waals surface area contributed by atoms with Gasteiger partial charge < -0.3 is 10.2 Å². The highest BCUT2D eigenvalue weighted by molar-refractivity contribution is 5.94. The number of carbonyl (C=O) groups excluding carboxylic acids is 2. The van der Waals surface area contributed by atoms with Crippen molar-refractivity contribution in [2.24, 2.45) is 0 Å². The number of rotatable bonds is 8. The van der Waals surface area contributed by atoms with E-state index >= 15 is 0 Å². The molecule has 0 radical (unpaired) electrons. The van der Waals surface area contributed by atoms with Gasteiger partial charge in [0, 0.05) is 32.1 Å². The van der Waals surface area contributed by atoms with Gasteiger partial charge in [-0.15, -0.1) is 0 Å². The maximum absolute atomic E-state index is 13.4. The number of carbonyl (C=O) groups is 2. The smallest absolute Gasteiger partial charge is 0.254 e. The zero-order valence-electron chi connectivity index (χ0n) is 13.0. The number of unbranched alkanes of at least 4 members (excludes halogenated alkanes) is 1. The summed E-state index contributed by atoms with van der Waals surface area (Å²) in [6, 6.07) is 2.76. The molecule has 0 saturated heterocycles. The number of amides is 2. The molecule has 0 unspecified atom stereocenters. The Bertz CT molecular complexity index is 521. The summed E-state index contributed by atoms with van der Waals surface area (Å²) >= 11 is 0. The molecule has 2 amide bonds. The predicted octanol–water partition coefficient (Wildman–Crippen LogP) is 2.73. The summed E-state index contributed by atoms with van der Waals surface area (Å²) in [5.41, 5.74) is -0.229. The Hall–Kier alpha value is -1.98. The highest BCUT2D eigenvalue weighted by atomic mass is 19.1. The van der Waals surface area contributed by atoms with Gasteiger partial charge in [-0.1, -0.05) is 13.3 Å². The van der Waals surface area contributed by atoms with E-state index in [4.69, 9.17) is 0 Å². The number of hydrogen-bond acceptors (Lipinski definition) is 2. The van der Waals surface area contributed by atoms with Crippen LogP contribution in [0.5, 0.6) is 0 Å². The third-order valence-corrected chi connectivity index (χ3v) is 3.32. The maximum Gasteiger partial charge on any atom is 0.254 e. The van der Waals surface area contributed by atoms with Crippen LogP contribution in [0.1, 0.15) is 43.5 Å². The number of benzene rings is 1. The monoisotopic (exact) mass is 312 g/mol. The molecule has 0 aromatic heterocycles. The lowest BCUT2D eigenvalue weighted by molar-refractivity contribution is -0.130. The van der Waals surface area contributed by atoms with Gasteiger partial charge in [-0.3, -0.25) is 9.59 Å². The maximum atomic E-state index is 13.4. The molecule has 4 nitrogen and oxygen atoms in total. The molecule has 0 atom stereocenters. The Morgan fingerprint density at radius 3 is 2.55 bits per heavy atom. The second-order valence-electron chi connectivity index (χ2n) is 4.96. The van der Waals surface area contributed by atoms with Crippen molar-refractivity contribution in [2.45, 2.75) is 33.1 Å². The van der Waals surface area contributed by atoms with Crippen molar-refractivity contribution in [1.29, 1.82) is 0 Å². The highest BCUT2D eigenvalue weighted by Crippen LogP contribution is 2.09. The molecule has 0 fully saturated rings. The van der Waals surface area contributed by atoms with E-state index in [0.717, 1.165) is 25.0 Å².